The highest BCUT2D eigenvalue weighted by atomic mass is 14.4. The molecule has 0 aliphatic heterocycles. The number of hydrogen-bond acceptors (Lipinski definition) is 0. The van der Waals surface area contributed by atoms with Gasteiger partial charge in [0.05, 0.1) is 0 Å². The first-order valence-corrected chi connectivity index (χ1v) is 9.29. The zero-order chi connectivity index (χ0) is 17.9. The SMILES string of the molecule is CCC1(C)c2cc(C(C)(C)C)ccc2-c2ccc(C(C)(C)C)cc21. The molecule has 0 saturated carbocycles. The molecule has 0 aromatic heterocycles. The molecule has 0 bridgehead atoms. The summed E-state index contributed by atoms with van der Waals surface area (Å²) in [6.07, 6.45) is 1.13. The fourth-order valence-electron chi connectivity index (χ4n) is 3.93. The Hall–Kier alpha value is -1.56. The summed E-state index contributed by atoms with van der Waals surface area (Å²) in [5, 5.41) is 0. The smallest absolute Gasteiger partial charge is 0.0184 e. The minimum absolute atomic E-state index is 0.118. The van der Waals surface area contributed by atoms with Crippen LogP contribution in [0.3, 0.4) is 0 Å². The van der Waals surface area contributed by atoms with Crippen LogP contribution in [0.1, 0.15) is 84.1 Å². The molecule has 128 valence electrons. The molecule has 0 unspecified atom stereocenters. The highest BCUT2D eigenvalue weighted by Gasteiger charge is 2.39. The van der Waals surface area contributed by atoms with E-state index in [0.29, 0.717) is 0 Å². The highest BCUT2D eigenvalue weighted by Crippen LogP contribution is 2.52. The Kier molecular flexibility index (Phi) is 3.75. The van der Waals surface area contributed by atoms with Crippen molar-refractivity contribution in [2.45, 2.75) is 78.1 Å². The van der Waals surface area contributed by atoms with E-state index in [9.17, 15) is 0 Å². The monoisotopic (exact) mass is 320 g/mol. The number of fused-ring (bicyclic) bond motifs is 3. The van der Waals surface area contributed by atoms with Gasteiger partial charge in [0.1, 0.15) is 0 Å². The first kappa shape index (κ1) is 17.3. The summed E-state index contributed by atoms with van der Waals surface area (Å²) >= 11 is 0. The average Bonchev–Trinajstić information content (AvgIpc) is 2.75. The average molecular weight is 321 g/mol. The molecule has 3 rings (SSSR count). The third-order valence-electron chi connectivity index (χ3n) is 5.96. The van der Waals surface area contributed by atoms with Crippen LogP contribution in [0, 0.1) is 0 Å². The van der Waals surface area contributed by atoms with Crippen LogP contribution in [0.25, 0.3) is 11.1 Å². The van der Waals surface area contributed by atoms with Gasteiger partial charge >= 0.3 is 0 Å². The van der Waals surface area contributed by atoms with E-state index in [1.54, 1.807) is 0 Å². The van der Waals surface area contributed by atoms with E-state index >= 15 is 0 Å². The lowest BCUT2D eigenvalue weighted by molar-refractivity contribution is 0.548. The summed E-state index contributed by atoms with van der Waals surface area (Å²) < 4.78 is 0. The summed E-state index contributed by atoms with van der Waals surface area (Å²) in [4.78, 5) is 0. The van der Waals surface area contributed by atoms with Crippen molar-refractivity contribution in [1.82, 2.24) is 0 Å². The topological polar surface area (TPSA) is 0 Å². The highest BCUT2D eigenvalue weighted by molar-refractivity contribution is 5.81. The Morgan fingerprint density at radius 1 is 0.708 bits per heavy atom. The van der Waals surface area contributed by atoms with Crippen LogP contribution < -0.4 is 0 Å². The second-order valence-electron chi connectivity index (χ2n) is 9.71. The molecule has 0 fully saturated rings. The first-order valence-electron chi connectivity index (χ1n) is 9.29. The van der Waals surface area contributed by atoms with E-state index < -0.39 is 0 Å². The van der Waals surface area contributed by atoms with Crippen molar-refractivity contribution in [3.05, 3.63) is 58.7 Å². The van der Waals surface area contributed by atoms with Crippen molar-refractivity contribution < 1.29 is 0 Å². The van der Waals surface area contributed by atoms with Crippen molar-refractivity contribution in [3.8, 4) is 11.1 Å². The minimum Gasteiger partial charge on any atom is -0.0642 e. The van der Waals surface area contributed by atoms with Gasteiger partial charge in [-0.25, -0.2) is 0 Å². The predicted molar refractivity (Wildman–Crippen MR) is 106 cm³/mol. The van der Waals surface area contributed by atoms with Gasteiger partial charge in [-0.15, -0.1) is 0 Å². The molecule has 24 heavy (non-hydrogen) atoms. The van der Waals surface area contributed by atoms with Gasteiger partial charge < -0.3 is 0 Å². The lowest BCUT2D eigenvalue weighted by Crippen LogP contribution is -2.22. The maximum atomic E-state index is 2.47. The maximum Gasteiger partial charge on any atom is 0.0184 e. The normalized spacial score (nSPS) is 16.0. The van der Waals surface area contributed by atoms with Gasteiger partial charge in [0.2, 0.25) is 0 Å². The van der Waals surface area contributed by atoms with Crippen molar-refractivity contribution in [2.75, 3.05) is 0 Å². The van der Waals surface area contributed by atoms with Crippen molar-refractivity contribution in [2.24, 2.45) is 0 Å². The number of hydrogen-bond donors (Lipinski definition) is 0. The van der Waals surface area contributed by atoms with Gasteiger partial charge in [0.15, 0.2) is 0 Å². The zero-order valence-electron chi connectivity index (χ0n) is 16.7. The summed E-state index contributed by atoms with van der Waals surface area (Å²) in [5.41, 5.74) is 9.26. The lowest BCUT2D eigenvalue weighted by atomic mass is 9.74. The van der Waals surface area contributed by atoms with Crippen LogP contribution in [0.15, 0.2) is 36.4 Å². The quantitative estimate of drug-likeness (QED) is 0.532. The fraction of sp³-hybridized carbons (Fsp3) is 0.500. The van der Waals surface area contributed by atoms with E-state index in [0.717, 1.165) is 6.42 Å². The number of benzene rings is 2. The molecule has 0 spiro atoms. The molecule has 1 aliphatic rings. The summed E-state index contributed by atoms with van der Waals surface area (Å²) in [6.45, 7) is 18.6. The third-order valence-corrected chi connectivity index (χ3v) is 5.96. The van der Waals surface area contributed by atoms with Gasteiger partial charge in [-0.1, -0.05) is 91.8 Å². The molecule has 0 amide bonds. The molecule has 0 radical (unpaired) electrons. The molecule has 0 nitrogen and oxygen atoms in total. The Bertz CT molecular complexity index is 715. The second-order valence-corrected chi connectivity index (χ2v) is 9.71. The van der Waals surface area contributed by atoms with E-state index in [-0.39, 0.29) is 16.2 Å². The summed E-state index contributed by atoms with van der Waals surface area (Å²) in [7, 11) is 0. The number of rotatable bonds is 1. The van der Waals surface area contributed by atoms with Crippen LogP contribution >= 0.6 is 0 Å². The molecule has 0 heterocycles. The molecule has 2 aromatic carbocycles. The van der Waals surface area contributed by atoms with Crippen molar-refractivity contribution in [1.29, 1.82) is 0 Å². The lowest BCUT2D eigenvalue weighted by Gasteiger charge is -2.29. The van der Waals surface area contributed by atoms with E-state index in [2.05, 4.69) is 91.8 Å². The zero-order valence-corrected chi connectivity index (χ0v) is 16.7. The molecule has 0 heteroatoms. The van der Waals surface area contributed by atoms with E-state index in [4.69, 9.17) is 0 Å². The molecular weight excluding hydrogens is 288 g/mol. The van der Waals surface area contributed by atoms with Crippen LogP contribution in [0.5, 0.6) is 0 Å². The minimum atomic E-state index is 0.118. The van der Waals surface area contributed by atoms with Gasteiger partial charge in [0.25, 0.3) is 0 Å². The molecule has 0 N–H and O–H groups in total. The van der Waals surface area contributed by atoms with Gasteiger partial charge in [-0.05, 0) is 50.6 Å². The summed E-state index contributed by atoms with van der Waals surface area (Å²) in [5.74, 6) is 0. The molecule has 0 saturated heterocycles. The van der Waals surface area contributed by atoms with Crippen LogP contribution in [0.2, 0.25) is 0 Å². The van der Waals surface area contributed by atoms with Crippen LogP contribution in [-0.2, 0) is 16.2 Å². The van der Waals surface area contributed by atoms with Gasteiger partial charge in [0, 0.05) is 5.41 Å². The fourth-order valence-corrected chi connectivity index (χ4v) is 3.93. The Morgan fingerprint density at radius 2 is 1.08 bits per heavy atom. The Balaban J connectivity index is 2.25. The van der Waals surface area contributed by atoms with Crippen LogP contribution in [-0.4, -0.2) is 0 Å². The second kappa shape index (κ2) is 5.22. The summed E-state index contributed by atoms with van der Waals surface area (Å²) in [6, 6.07) is 14.3. The molecular formula is C24H32. The first-order chi connectivity index (χ1) is 11.0. The van der Waals surface area contributed by atoms with Gasteiger partial charge in [-0.2, -0.15) is 0 Å². The largest absolute Gasteiger partial charge is 0.0642 e. The predicted octanol–water partition coefficient (Wildman–Crippen LogP) is 6.98. The van der Waals surface area contributed by atoms with E-state index in [1.165, 1.54) is 33.4 Å². The molecule has 2 aromatic rings. The van der Waals surface area contributed by atoms with Crippen molar-refractivity contribution in [3.63, 3.8) is 0 Å². The van der Waals surface area contributed by atoms with E-state index in [1.807, 2.05) is 0 Å². The Labute approximate surface area is 148 Å². The van der Waals surface area contributed by atoms with Gasteiger partial charge in [-0.3, -0.25) is 0 Å². The maximum absolute atomic E-state index is 2.47. The standard InChI is InChI=1S/C24H32/c1-9-24(8)20-14-16(22(2,3)4)10-12-18(20)19-13-11-17(15-21(19)24)23(5,6)7/h10-15H,9H2,1-8H3. The molecule has 0 atom stereocenters. The van der Waals surface area contributed by atoms with Crippen molar-refractivity contribution >= 4 is 0 Å². The third kappa shape index (κ3) is 2.51. The van der Waals surface area contributed by atoms with Crippen LogP contribution in [0.4, 0.5) is 0 Å². The molecule has 1 aliphatic carbocycles. The Morgan fingerprint density at radius 3 is 1.38 bits per heavy atom.